The molecule has 0 aliphatic carbocycles. The number of nitrogens with zero attached hydrogens (tertiary/aromatic N) is 1. The molecule has 2 aromatic carbocycles. The highest BCUT2D eigenvalue weighted by Crippen LogP contribution is 2.20. The molecule has 0 spiro atoms. The van der Waals surface area contributed by atoms with Gasteiger partial charge < -0.3 is 5.32 Å². The minimum atomic E-state index is -3.73. The molecule has 6 nitrogen and oxygen atoms in total. The van der Waals surface area contributed by atoms with Crippen molar-refractivity contribution in [3.8, 4) is 0 Å². The molecule has 1 aromatic heterocycles. The highest BCUT2D eigenvalue weighted by molar-refractivity contribution is 7.92. The molecule has 0 unspecified atom stereocenters. The first-order valence-corrected chi connectivity index (χ1v) is 8.68. The number of para-hydroxylation sites is 1. The Bertz CT molecular complexity index is 999. The van der Waals surface area contributed by atoms with E-state index in [1.165, 1.54) is 37.4 Å². The average molecular weight is 341 g/mol. The Morgan fingerprint density at radius 3 is 2.42 bits per heavy atom. The van der Waals surface area contributed by atoms with E-state index in [2.05, 4.69) is 15.0 Å². The number of sulfonamides is 1. The monoisotopic (exact) mass is 341 g/mol. The van der Waals surface area contributed by atoms with Gasteiger partial charge in [0.2, 0.25) is 5.91 Å². The molecule has 0 atom stereocenters. The molecule has 24 heavy (non-hydrogen) atoms. The Hall–Kier alpha value is -2.93. The molecule has 1 amide bonds. The van der Waals surface area contributed by atoms with Crippen molar-refractivity contribution in [3.05, 3.63) is 60.8 Å². The van der Waals surface area contributed by atoms with E-state index in [0.717, 1.165) is 10.9 Å². The maximum Gasteiger partial charge on any atom is 0.261 e. The van der Waals surface area contributed by atoms with Gasteiger partial charge in [-0.25, -0.2) is 8.42 Å². The third-order valence-electron chi connectivity index (χ3n) is 3.33. The quantitative estimate of drug-likeness (QED) is 0.763. The lowest BCUT2D eigenvalue weighted by atomic mass is 10.2. The second-order valence-corrected chi connectivity index (χ2v) is 6.91. The normalized spacial score (nSPS) is 11.2. The number of fused-ring (bicyclic) bond motifs is 1. The van der Waals surface area contributed by atoms with E-state index >= 15 is 0 Å². The number of carbonyl (C=O) groups excluding carboxylic acids is 1. The lowest BCUT2D eigenvalue weighted by Crippen LogP contribution is -2.13. The summed E-state index contributed by atoms with van der Waals surface area (Å²) in [7, 11) is -3.73. The van der Waals surface area contributed by atoms with E-state index in [1.807, 2.05) is 24.3 Å². The van der Waals surface area contributed by atoms with Crippen LogP contribution in [-0.4, -0.2) is 19.3 Å². The number of carbonyl (C=O) groups is 1. The number of aromatic nitrogens is 1. The first-order chi connectivity index (χ1) is 11.4. The SMILES string of the molecule is CC(=O)Nc1ccc(S(=O)(=O)Nc2cnc3ccccc3c2)cc1. The van der Waals surface area contributed by atoms with Crippen molar-refractivity contribution in [2.24, 2.45) is 0 Å². The summed E-state index contributed by atoms with van der Waals surface area (Å²) in [4.78, 5) is 15.3. The van der Waals surface area contributed by atoms with Gasteiger partial charge in [-0.15, -0.1) is 0 Å². The van der Waals surface area contributed by atoms with Crippen LogP contribution in [0.25, 0.3) is 10.9 Å². The van der Waals surface area contributed by atoms with E-state index in [-0.39, 0.29) is 10.8 Å². The van der Waals surface area contributed by atoms with Crippen LogP contribution in [-0.2, 0) is 14.8 Å². The van der Waals surface area contributed by atoms with Gasteiger partial charge in [-0.2, -0.15) is 0 Å². The van der Waals surface area contributed by atoms with Crippen LogP contribution in [0.2, 0.25) is 0 Å². The second-order valence-electron chi connectivity index (χ2n) is 5.23. The summed E-state index contributed by atoms with van der Waals surface area (Å²) in [6, 6.07) is 15.1. The molecule has 0 saturated heterocycles. The Labute approximate surface area is 139 Å². The first-order valence-electron chi connectivity index (χ1n) is 7.19. The molecular weight excluding hydrogens is 326 g/mol. The predicted octanol–water partition coefficient (Wildman–Crippen LogP) is 2.99. The number of hydrogen-bond acceptors (Lipinski definition) is 4. The zero-order valence-corrected chi connectivity index (χ0v) is 13.7. The number of benzene rings is 2. The number of nitrogens with one attached hydrogen (secondary N) is 2. The van der Waals surface area contributed by atoms with Crippen molar-refractivity contribution in [2.75, 3.05) is 10.0 Å². The van der Waals surface area contributed by atoms with E-state index in [9.17, 15) is 13.2 Å². The summed E-state index contributed by atoms with van der Waals surface area (Å²) in [5, 5.41) is 3.44. The summed E-state index contributed by atoms with van der Waals surface area (Å²) in [6.07, 6.45) is 1.48. The number of pyridine rings is 1. The van der Waals surface area contributed by atoms with Gasteiger partial charge in [-0.3, -0.25) is 14.5 Å². The zero-order valence-electron chi connectivity index (χ0n) is 12.9. The predicted molar refractivity (Wildman–Crippen MR) is 93.3 cm³/mol. The largest absolute Gasteiger partial charge is 0.326 e. The van der Waals surface area contributed by atoms with E-state index < -0.39 is 10.0 Å². The van der Waals surface area contributed by atoms with Crippen molar-refractivity contribution in [1.82, 2.24) is 4.98 Å². The third kappa shape index (κ3) is 3.52. The maximum absolute atomic E-state index is 12.4. The Morgan fingerprint density at radius 2 is 1.71 bits per heavy atom. The summed E-state index contributed by atoms with van der Waals surface area (Å²) >= 11 is 0. The molecule has 2 N–H and O–H groups in total. The van der Waals surface area contributed by atoms with Gasteiger partial charge in [0.1, 0.15) is 0 Å². The van der Waals surface area contributed by atoms with Gasteiger partial charge in [-0.1, -0.05) is 18.2 Å². The molecule has 0 fully saturated rings. The summed E-state index contributed by atoms with van der Waals surface area (Å²) in [5.41, 5.74) is 1.72. The van der Waals surface area contributed by atoms with Gasteiger partial charge in [0.15, 0.2) is 0 Å². The zero-order chi connectivity index (χ0) is 17.2. The smallest absolute Gasteiger partial charge is 0.261 e. The highest BCUT2D eigenvalue weighted by Gasteiger charge is 2.14. The molecule has 122 valence electrons. The van der Waals surface area contributed by atoms with Gasteiger partial charge in [0.25, 0.3) is 10.0 Å². The fourth-order valence-electron chi connectivity index (χ4n) is 2.26. The molecular formula is C17H15N3O3S. The number of anilines is 2. The van der Waals surface area contributed by atoms with Crippen LogP contribution in [0.1, 0.15) is 6.92 Å². The minimum Gasteiger partial charge on any atom is -0.326 e. The lowest BCUT2D eigenvalue weighted by molar-refractivity contribution is -0.114. The number of hydrogen-bond donors (Lipinski definition) is 2. The average Bonchev–Trinajstić information content (AvgIpc) is 2.54. The molecule has 0 aliphatic rings. The van der Waals surface area contributed by atoms with Crippen LogP contribution < -0.4 is 10.0 Å². The highest BCUT2D eigenvalue weighted by atomic mass is 32.2. The Morgan fingerprint density at radius 1 is 1.00 bits per heavy atom. The van der Waals surface area contributed by atoms with Crippen LogP contribution >= 0.6 is 0 Å². The van der Waals surface area contributed by atoms with Crippen molar-refractivity contribution < 1.29 is 13.2 Å². The van der Waals surface area contributed by atoms with Gasteiger partial charge >= 0.3 is 0 Å². The van der Waals surface area contributed by atoms with Crippen molar-refractivity contribution in [3.63, 3.8) is 0 Å². The molecule has 0 aliphatic heterocycles. The van der Waals surface area contributed by atoms with E-state index in [0.29, 0.717) is 11.4 Å². The van der Waals surface area contributed by atoms with Gasteiger partial charge in [-0.05, 0) is 36.4 Å². The van der Waals surface area contributed by atoms with E-state index in [1.54, 1.807) is 6.07 Å². The minimum absolute atomic E-state index is 0.102. The summed E-state index contributed by atoms with van der Waals surface area (Å²) in [6.45, 7) is 1.39. The standard InChI is InChI=1S/C17H15N3O3S/c1-12(21)19-14-6-8-16(9-7-14)24(22,23)20-15-10-13-4-2-3-5-17(13)18-11-15/h2-11,20H,1H3,(H,19,21). The van der Waals surface area contributed by atoms with Crippen molar-refractivity contribution >= 4 is 38.2 Å². The van der Waals surface area contributed by atoms with Crippen molar-refractivity contribution in [2.45, 2.75) is 11.8 Å². The molecule has 0 radical (unpaired) electrons. The molecule has 0 bridgehead atoms. The first kappa shape index (κ1) is 15.9. The second kappa shape index (κ2) is 6.29. The number of rotatable bonds is 4. The Kier molecular flexibility index (Phi) is 4.18. The van der Waals surface area contributed by atoms with Crippen LogP contribution in [0.5, 0.6) is 0 Å². The molecule has 0 saturated carbocycles. The van der Waals surface area contributed by atoms with Gasteiger partial charge in [0, 0.05) is 18.0 Å². The fraction of sp³-hybridized carbons (Fsp3) is 0.0588. The van der Waals surface area contributed by atoms with Crippen LogP contribution in [0, 0.1) is 0 Å². The molecule has 3 rings (SSSR count). The summed E-state index contributed by atoms with van der Waals surface area (Å²) < 4.78 is 27.4. The van der Waals surface area contributed by atoms with Crippen LogP contribution in [0.3, 0.4) is 0 Å². The molecule has 7 heteroatoms. The van der Waals surface area contributed by atoms with Crippen LogP contribution in [0.4, 0.5) is 11.4 Å². The summed E-state index contributed by atoms with van der Waals surface area (Å²) in [5.74, 6) is -0.217. The molecule has 3 aromatic rings. The van der Waals surface area contributed by atoms with Crippen LogP contribution in [0.15, 0.2) is 65.7 Å². The third-order valence-corrected chi connectivity index (χ3v) is 4.72. The topological polar surface area (TPSA) is 88.2 Å². The van der Waals surface area contributed by atoms with Gasteiger partial charge in [0.05, 0.1) is 22.3 Å². The van der Waals surface area contributed by atoms with E-state index in [4.69, 9.17) is 0 Å². The molecule has 1 heterocycles. The van der Waals surface area contributed by atoms with Crippen molar-refractivity contribution in [1.29, 1.82) is 0 Å². The maximum atomic E-state index is 12.4. The Balaban J connectivity index is 1.85. The number of amides is 1. The lowest BCUT2D eigenvalue weighted by Gasteiger charge is -2.09. The fourth-order valence-corrected chi connectivity index (χ4v) is 3.30.